The number of nitrogens with one attached hydrogen (secondary N) is 1. The zero-order valence-corrected chi connectivity index (χ0v) is 9.76. The number of hydrogen-bond donors (Lipinski definition) is 1. The Kier molecular flexibility index (Phi) is 4.04. The van der Waals surface area contributed by atoms with E-state index in [0.717, 1.165) is 24.0 Å². The molecule has 1 aromatic rings. The molecule has 0 spiro atoms. The van der Waals surface area contributed by atoms with Gasteiger partial charge < -0.3 is 5.32 Å². The average molecular weight is 224 g/mol. The highest BCUT2D eigenvalue weighted by atomic mass is 35.5. The standard InChI is InChI=1S/C13H18ClN/c14-13-7-5-12(6-8-13)10-15-9-1-2-11-3-4-11/h5-8,11,15H,1-4,9-10H2. The smallest absolute Gasteiger partial charge is 0.0406 e. The Balaban J connectivity index is 1.58. The van der Waals surface area contributed by atoms with Crippen LogP contribution in [-0.4, -0.2) is 6.54 Å². The van der Waals surface area contributed by atoms with Crippen molar-refractivity contribution in [2.45, 2.75) is 32.2 Å². The first kappa shape index (κ1) is 11.0. The van der Waals surface area contributed by atoms with E-state index >= 15 is 0 Å². The first-order valence-electron chi connectivity index (χ1n) is 5.80. The Morgan fingerprint density at radius 2 is 1.93 bits per heavy atom. The molecule has 0 bridgehead atoms. The Bertz CT molecular complexity index is 290. The van der Waals surface area contributed by atoms with Crippen LogP contribution in [0.5, 0.6) is 0 Å². The van der Waals surface area contributed by atoms with Gasteiger partial charge in [0.15, 0.2) is 0 Å². The molecule has 2 heteroatoms. The second-order valence-electron chi connectivity index (χ2n) is 4.39. The molecule has 15 heavy (non-hydrogen) atoms. The summed E-state index contributed by atoms with van der Waals surface area (Å²) in [7, 11) is 0. The van der Waals surface area contributed by atoms with Gasteiger partial charge >= 0.3 is 0 Å². The van der Waals surface area contributed by atoms with Gasteiger partial charge in [0.2, 0.25) is 0 Å². The van der Waals surface area contributed by atoms with Crippen molar-refractivity contribution in [3.8, 4) is 0 Å². The summed E-state index contributed by atoms with van der Waals surface area (Å²) in [6.45, 7) is 2.10. The van der Waals surface area contributed by atoms with E-state index in [2.05, 4.69) is 17.4 Å². The van der Waals surface area contributed by atoms with E-state index < -0.39 is 0 Å². The number of benzene rings is 1. The van der Waals surface area contributed by atoms with E-state index in [-0.39, 0.29) is 0 Å². The summed E-state index contributed by atoms with van der Waals surface area (Å²) >= 11 is 5.82. The predicted molar refractivity (Wildman–Crippen MR) is 65.1 cm³/mol. The predicted octanol–water partition coefficient (Wildman–Crippen LogP) is 3.62. The van der Waals surface area contributed by atoms with Crippen LogP contribution in [0.15, 0.2) is 24.3 Å². The van der Waals surface area contributed by atoms with Gasteiger partial charge in [-0.05, 0) is 43.0 Å². The fraction of sp³-hybridized carbons (Fsp3) is 0.538. The second kappa shape index (κ2) is 5.53. The van der Waals surface area contributed by atoms with Gasteiger partial charge in [-0.2, -0.15) is 0 Å². The van der Waals surface area contributed by atoms with Crippen LogP contribution in [-0.2, 0) is 6.54 Å². The first-order chi connectivity index (χ1) is 7.34. The van der Waals surface area contributed by atoms with Gasteiger partial charge in [0.05, 0.1) is 0 Å². The molecule has 0 aliphatic heterocycles. The summed E-state index contributed by atoms with van der Waals surface area (Å²) in [5, 5.41) is 4.27. The largest absolute Gasteiger partial charge is 0.313 e. The van der Waals surface area contributed by atoms with Crippen LogP contribution >= 0.6 is 11.6 Å². The zero-order chi connectivity index (χ0) is 10.5. The second-order valence-corrected chi connectivity index (χ2v) is 4.83. The maximum absolute atomic E-state index is 5.82. The summed E-state index contributed by atoms with van der Waals surface area (Å²) in [6.07, 6.45) is 5.67. The Hall–Kier alpha value is -0.530. The van der Waals surface area contributed by atoms with Crippen molar-refractivity contribution in [2.75, 3.05) is 6.54 Å². The fourth-order valence-electron chi connectivity index (χ4n) is 1.76. The molecule has 0 atom stereocenters. The van der Waals surface area contributed by atoms with Gasteiger partial charge in [-0.25, -0.2) is 0 Å². The van der Waals surface area contributed by atoms with Crippen LogP contribution in [0.2, 0.25) is 5.02 Å². The highest BCUT2D eigenvalue weighted by molar-refractivity contribution is 6.30. The van der Waals surface area contributed by atoms with E-state index in [9.17, 15) is 0 Å². The van der Waals surface area contributed by atoms with E-state index in [1.807, 2.05) is 12.1 Å². The number of hydrogen-bond acceptors (Lipinski definition) is 1. The van der Waals surface area contributed by atoms with Crippen molar-refractivity contribution in [1.29, 1.82) is 0 Å². The van der Waals surface area contributed by atoms with Crippen molar-refractivity contribution in [3.05, 3.63) is 34.9 Å². The SMILES string of the molecule is Clc1ccc(CNCCCC2CC2)cc1. The molecule has 1 aliphatic rings. The van der Waals surface area contributed by atoms with E-state index in [1.165, 1.54) is 31.2 Å². The third kappa shape index (κ3) is 4.23. The van der Waals surface area contributed by atoms with E-state index in [1.54, 1.807) is 0 Å². The minimum absolute atomic E-state index is 0.812. The first-order valence-corrected chi connectivity index (χ1v) is 6.17. The van der Waals surface area contributed by atoms with Gasteiger partial charge in [-0.15, -0.1) is 0 Å². The monoisotopic (exact) mass is 223 g/mol. The van der Waals surface area contributed by atoms with Gasteiger partial charge in [0.25, 0.3) is 0 Å². The highest BCUT2D eigenvalue weighted by Gasteiger charge is 2.19. The Morgan fingerprint density at radius 3 is 2.60 bits per heavy atom. The maximum Gasteiger partial charge on any atom is 0.0406 e. The molecule has 1 nitrogen and oxygen atoms in total. The Labute approximate surface area is 96.8 Å². The normalized spacial score (nSPS) is 15.5. The van der Waals surface area contributed by atoms with Gasteiger partial charge in [0, 0.05) is 11.6 Å². The molecule has 1 aromatic carbocycles. The molecule has 0 saturated heterocycles. The molecule has 2 rings (SSSR count). The average Bonchev–Trinajstić information content (AvgIpc) is 3.04. The lowest BCUT2D eigenvalue weighted by atomic mass is 10.2. The summed E-state index contributed by atoms with van der Waals surface area (Å²) < 4.78 is 0. The van der Waals surface area contributed by atoms with Gasteiger partial charge in [0.1, 0.15) is 0 Å². The summed E-state index contributed by atoms with van der Waals surface area (Å²) in [5.74, 6) is 1.06. The molecule has 0 aromatic heterocycles. The number of rotatable bonds is 6. The molecule has 0 radical (unpaired) electrons. The van der Waals surface area contributed by atoms with Crippen molar-refractivity contribution in [3.63, 3.8) is 0 Å². The van der Waals surface area contributed by atoms with E-state index in [4.69, 9.17) is 11.6 Å². The third-order valence-corrected chi connectivity index (χ3v) is 3.16. The van der Waals surface area contributed by atoms with Gasteiger partial charge in [-0.1, -0.05) is 36.6 Å². The lowest BCUT2D eigenvalue weighted by Crippen LogP contribution is -2.14. The quantitative estimate of drug-likeness (QED) is 0.727. The minimum Gasteiger partial charge on any atom is -0.313 e. The van der Waals surface area contributed by atoms with Crippen molar-refractivity contribution in [1.82, 2.24) is 5.32 Å². The molecule has 1 saturated carbocycles. The molecule has 1 N–H and O–H groups in total. The molecular weight excluding hydrogens is 206 g/mol. The maximum atomic E-state index is 5.82. The molecule has 0 amide bonds. The van der Waals surface area contributed by atoms with Crippen molar-refractivity contribution >= 4 is 11.6 Å². The van der Waals surface area contributed by atoms with Crippen LogP contribution in [0.4, 0.5) is 0 Å². The van der Waals surface area contributed by atoms with Crippen LogP contribution in [0.1, 0.15) is 31.2 Å². The Morgan fingerprint density at radius 1 is 1.20 bits per heavy atom. The molecule has 1 aliphatic carbocycles. The molecular formula is C13H18ClN. The van der Waals surface area contributed by atoms with Crippen LogP contribution < -0.4 is 5.32 Å². The van der Waals surface area contributed by atoms with Gasteiger partial charge in [-0.3, -0.25) is 0 Å². The van der Waals surface area contributed by atoms with E-state index in [0.29, 0.717) is 0 Å². The van der Waals surface area contributed by atoms with Crippen molar-refractivity contribution < 1.29 is 0 Å². The third-order valence-electron chi connectivity index (χ3n) is 2.91. The lowest BCUT2D eigenvalue weighted by Gasteiger charge is -2.04. The fourth-order valence-corrected chi connectivity index (χ4v) is 1.88. The topological polar surface area (TPSA) is 12.0 Å². The summed E-state index contributed by atoms with van der Waals surface area (Å²) in [5.41, 5.74) is 1.31. The van der Waals surface area contributed by atoms with Crippen LogP contribution in [0, 0.1) is 5.92 Å². The van der Waals surface area contributed by atoms with Crippen molar-refractivity contribution in [2.24, 2.45) is 5.92 Å². The lowest BCUT2D eigenvalue weighted by molar-refractivity contribution is 0.594. The minimum atomic E-state index is 0.812. The molecule has 0 heterocycles. The molecule has 1 fully saturated rings. The highest BCUT2D eigenvalue weighted by Crippen LogP contribution is 2.33. The zero-order valence-electron chi connectivity index (χ0n) is 9.01. The summed E-state index contributed by atoms with van der Waals surface area (Å²) in [6, 6.07) is 8.05. The number of halogens is 1. The van der Waals surface area contributed by atoms with Crippen LogP contribution in [0.25, 0.3) is 0 Å². The summed E-state index contributed by atoms with van der Waals surface area (Å²) in [4.78, 5) is 0. The molecule has 82 valence electrons. The van der Waals surface area contributed by atoms with Crippen LogP contribution in [0.3, 0.4) is 0 Å². The molecule has 0 unspecified atom stereocenters.